The van der Waals surface area contributed by atoms with E-state index in [1.54, 1.807) is 11.1 Å². The first-order valence-electron chi connectivity index (χ1n) is 9.11. The van der Waals surface area contributed by atoms with Gasteiger partial charge in [-0.05, 0) is 37.6 Å². The number of carbonyl (C=O) groups excluding carboxylic acids is 1. The van der Waals surface area contributed by atoms with Crippen LogP contribution in [-0.2, 0) is 0 Å². The first-order chi connectivity index (χ1) is 13.7. The minimum Gasteiger partial charge on any atom is -0.366 e. The van der Waals surface area contributed by atoms with Crippen molar-refractivity contribution in [3.05, 3.63) is 48.7 Å². The fraction of sp³-hybridized carbons (Fsp3) is 0.263. The molecule has 9 heteroatoms. The van der Waals surface area contributed by atoms with Gasteiger partial charge in [-0.15, -0.1) is 5.10 Å². The monoisotopic (exact) mass is 374 g/mol. The SMILES string of the molecule is Cc1cc(-c2ccc3c(n2)N(C(=O)Nc2cnncn2)C2CCN3C2)ccn1. The molecule has 2 amide bonds. The van der Waals surface area contributed by atoms with Gasteiger partial charge in [0, 0.05) is 30.5 Å². The number of aromatic nitrogens is 5. The zero-order valence-corrected chi connectivity index (χ0v) is 15.3. The number of rotatable bonds is 2. The van der Waals surface area contributed by atoms with Crippen LogP contribution in [0.25, 0.3) is 11.3 Å². The molecule has 9 nitrogen and oxygen atoms in total. The van der Waals surface area contributed by atoms with Gasteiger partial charge < -0.3 is 4.90 Å². The summed E-state index contributed by atoms with van der Waals surface area (Å²) < 4.78 is 0. The number of fused-ring (bicyclic) bond motifs is 4. The van der Waals surface area contributed by atoms with E-state index >= 15 is 0 Å². The van der Waals surface area contributed by atoms with Gasteiger partial charge in [0.25, 0.3) is 0 Å². The van der Waals surface area contributed by atoms with Crippen molar-refractivity contribution in [2.75, 3.05) is 28.2 Å². The summed E-state index contributed by atoms with van der Waals surface area (Å²) in [4.78, 5) is 30.2. The van der Waals surface area contributed by atoms with E-state index in [9.17, 15) is 4.79 Å². The average molecular weight is 374 g/mol. The molecule has 2 aliphatic heterocycles. The summed E-state index contributed by atoms with van der Waals surface area (Å²) in [5.41, 5.74) is 3.68. The van der Waals surface area contributed by atoms with Crippen molar-refractivity contribution in [2.45, 2.75) is 19.4 Å². The molecule has 1 unspecified atom stereocenters. The van der Waals surface area contributed by atoms with Crippen LogP contribution in [0.1, 0.15) is 12.1 Å². The first-order valence-corrected chi connectivity index (χ1v) is 9.11. The summed E-state index contributed by atoms with van der Waals surface area (Å²) >= 11 is 0. The Bertz CT molecular complexity index is 1040. The second kappa shape index (κ2) is 6.52. The molecule has 1 fully saturated rings. The highest BCUT2D eigenvalue weighted by molar-refractivity contribution is 6.04. The maximum absolute atomic E-state index is 13.1. The fourth-order valence-electron chi connectivity index (χ4n) is 3.81. The molecule has 0 saturated carbocycles. The highest BCUT2D eigenvalue weighted by atomic mass is 16.2. The largest absolute Gasteiger partial charge is 0.366 e. The molecule has 0 radical (unpaired) electrons. The number of aryl methyl sites for hydroxylation is 1. The highest BCUT2D eigenvalue weighted by Crippen LogP contribution is 2.40. The predicted octanol–water partition coefficient (Wildman–Crippen LogP) is 2.27. The van der Waals surface area contributed by atoms with Crippen LogP contribution in [0.5, 0.6) is 0 Å². The van der Waals surface area contributed by atoms with Gasteiger partial charge >= 0.3 is 6.03 Å². The smallest absolute Gasteiger partial charge is 0.329 e. The van der Waals surface area contributed by atoms with Crippen LogP contribution in [0, 0.1) is 6.92 Å². The van der Waals surface area contributed by atoms with Crippen LogP contribution in [0.15, 0.2) is 43.0 Å². The molecular weight excluding hydrogens is 356 g/mol. The van der Waals surface area contributed by atoms with Crippen LogP contribution in [-0.4, -0.2) is 50.3 Å². The van der Waals surface area contributed by atoms with Gasteiger partial charge in [0.2, 0.25) is 0 Å². The van der Waals surface area contributed by atoms with E-state index in [1.165, 1.54) is 12.5 Å². The minimum absolute atomic E-state index is 0.0734. The second-order valence-corrected chi connectivity index (χ2v) is 6.90. The average Bonchev–Trinajstić information content (AvgIpc) is 3.13. The van der Waals surface area contributed by atoms with Crippen LogP contribution < -0.4 is 15.1 Å². The van der Waals surface area contributed by atoms with E-state index in [-0.39, 0.29) is 12.1 Å². The molecular formula is C19H18N8O. The first kappa shape index (κ1) is 16.5. The van der Waals surface area contributed by atoms with E-state index < -0.39 is 0 Å². The van der Waals surface area contributed by atoms with Crippen molar-refractivity contribution in [3.63, 3.8) is 0 Å². The molecule has 3 aromatic heterocycles. The Morgan fingerprint density at radius 1 is 1.21 bits per heavy atom. The summed E-state index contributed by atoms with van der Waals surface area (Å²) in [6.45, 7) is 3.66. The zero-order chi connectivity index (χ0) is 19.1. The van der Waals surface area contributed by atoms with Crippen molar-refractivity contribution < 1.29 is 4.79 Å². The molecule has 28 heavy (non-hydrogen) atoms. The molecule has 140 valence electrons. The third-order valence-corrected chi connectivity index (χ3v) is 5.09. The summed E-state index contributed by atoms with van der Waals surface area (Å²) in [5, 5.41) is 10.2. The third kappa shape index (κ3) is 2.81. The van der Waals surface area contributed by atoms with E-state index in [4.69, 9.17) is 4.98 Å². The summed E-state index contributed by atoms with van der Waals surface area (Å²) in [7, 11) is 0. The number of nitrogens with zero attached hydrogens (tertiary/aromatic N) is 7. The van der Waals surface area contributed by atoms with Gasteiger partial charge in [0.05, 0.1) is 23.6 Å². The van der Waals surface area contributed by atoms with E-state index in [0.29, 0.717) is 11.6 Å². The molecule has 2 bridgehead atoms. The lowest BCUT2D eigenvalue weighted by Crippen LogP contribution is -2.48. The number of hydrogen-bond acceptors (Lipinski definition) is 7. The van der Waals surface area contributed by atoms with Crippen molar-refractivity contribution in [1.82, 2.24) is 25.1 Å². The van der Waals surface area contributed by atoms with Crippen molar-refractivity contribution in [1.29, 1.82) is 0 Å². The van der Waals surface area contributed by atoms with Crippen molar-refractivity contribution in [2.24, 2.45) is 0 Å². The normalized spacial score (nSPS) is 17.4. The van der Waals surface area contributed by atoms with E-state index in [1.807, 2.05) is 31.2 Å². The Labute approximate surface area is 161 Å². The Kier molecular flexibility index (Phi) is 3.85. The lowest BCUT2D eigenvalue weighted by molar-refractivity contribution is 0.254. The van der Waals surface area contributed by atoms with Crippen molar-refractivity contribution >= 4 is 23.4 Å². The molecule has 0 aromatic carbocycles. The van der Waals surface area contributed by atoms with Crippen LogP contribution >= 0.6 is 0 Å². The maximum atomic E-state index is 13.1. The standard InChI is InChI=1S/C19H18N8O/c1-12-8-13(4-6-20-12)15-2-3-16-18(24-15)27(14-5-7-26(16)10-14)19(28)25-17-9-22-23-11-21-17/h2-4,6,8-9,11,14H,5,7,10H2,1H3,(H,21,23,25,28). The Morgan fingerprint density at radius 3 is 2.96 bits per heavy atom. The second-order valence-electron chi connectivity index (χ2n) is 6.90. The molecule has 5 heterocycles. The van der Waals surface area contributed by atoms with Gasteiger partial charge in [-0.2, -0.15) is 5.10 Å². The number of anilines is 3. The number of hydrogen-bond donors (Lipinski definition) is 1. The van der Waals surface area contributed by atoms with Gasteiger partial charge in [0.1, 0.15) is 6.33 Å². The Morgan fingerprint density at radius 2 is 2.14 bits per heavy atom. The summed E-state index contributed by atoms with van der Waals surface area (Å²) in [6.07, 6.45) is 5.40. The molecule has 1 N–H and O–H groups in total. The number of nitrogens with one attached hydrogen (secondary N) is 1. The van der Waals surface area contributed by atoms with Crippen LogP contribution in [0.4, 0.5) is 22.1 Å². The Balaban J connectivity index is 1.54. The molecule has 5 rings (SSSR count). The van der Waals surface area contributed by atoms with E-state index in [0.717, 1.165) is 42.1 Å². The Hall–Kier alpha value is -3.62. The lowest BCUT2D eigenvalue weighted by Gasteiger charge is -2.35. The minimum atomic E-state index is -0.260. The quantitative estimate of drug-likeness (QED) is 0.734. The predicted molar refractivity (Wildman–Crippen MR) is 104 cm³/mol. The topological polar surface area (TPSA) is 100 Å². The third-order valence-electron chi connectivity index (χ3n) is 5.09. The van der Waals surface area contributed by atoms with Gasteiger partial charge in [0.15, 0.2) is 11.6 Å². The molecule has 1 saturated heterocycles. The number of urea groups is 1. The fourth-order valence-corrected chi connectivity index (χ4v) is 3.81. The van der Waals surface area contributed by atoms with Crippen LogP contribution in [0.3, 0.4) is 0 Å². The van der Waals surface area contributed by atoms with Crippen LogP contribution in [0.2, 0.25) is 0 Å². The van der Waals surface area contributed by atoms with Gasteiger partial charge in [-0.25, -0.2) is 14.8 Å². The highest BCUT2D eigenvalue weighted by Gasteiger charge is 2.40. The van der Waals surface area contributed by atoms with E-state index in [2.05, 4.69) is 30.4 Å². The van der Waals surface area contributed by atoms with Crippen molar-refractivity contribution in [3.8, 4) is 11.3 Å². The summed E-state index contributed by atoms with van der Waals surface area (Å²) in [6, 6.07) is 7.77. The molecule has 2 aliphatic rings. The maximum Gasteiger partial charge on any atom is 0.329 e. The lowest BCUT2D eigenvalue weighted by atomic mass is 10.1. The number of pyridine rings is 2. The van der Waals surface area contributed by atoms with Gasteiger partial charge in [-0.1, -0.05) is 0 Å². The zero-order valence-electron chi connectivity index (χ0n) is 15.3. The molecule has 1 atom stereocenters. The van der Waals surface area contributed by atoms with Gasteiger partial charge in [-0.3, -0.25) is 15.2 Å². The number of amides is 2. The summed E-state index contributed by atoms with van der Waals surface area (Å²) in [5.74, 6) is 1.03. The molecule has 3 aromatic rings. The molecule has 0 aliphatic carbocycles. The molecule has 0 spiro atoms. The number of carbonyl (C=O) groups is 1.